The zero-order chi connectivity index (χ0) is 17.8. The van der Waals surface area contributed by atoms with E-state index in [2.05, 4.69) is 28.9 Å². The number of nitrogens with zero attached hydrogens (tertiary/aromatic N) is 4. The van der Waals surface area contributed by atoms with Crippen molar-refractivity contribution in [2.24, 2.45) is 7.05 Å². The summed E-state index contributed by atoms with van der Waals surface area (Å²) in [7, 11) is 1.62. The first-order chi connectivity index (χ1) is 12.0. The SMILES string of the molecule is CC1CN(Cc2ccccc2)CCCN1C(=O)c1cc(=O)n(C)cn1. The molecular formula is C19H24N4O2. The highest BCUT2D eigenvalue weighted by Crippen LogP contribution is 2.15. The number of aromatic nitrogens is 2. The second-order valence-electron chi connectivity index (χ2n) is 6.65. The quantitative estimate of drug-likeness (QED) is 0.850. The predicted octanol–water partition coefficient (Wildman–Crippen LogP) is 1.52. The number of amides is 1. The first-order valence-electron chi connectivity index (χ1n) is 8.64. The van der Waals surface area contributed by atoms with Gasteiger partial charge in [-0.25, -0.2) is 4.98 Å². The second kappa shape index (κ2) is 7.61. The molecule has 25 heavy (non-hydrogen) atoms. The van der Waals surface area contributed by atoms with Crippen LogP contribution in [-0.4, -0.2) is 50.9 Å². The Bertz CT molecular complexity index is 788. The Morgan fingerprint density at radius 3 is 2.72 bits per heavy atom. The zero-order valence-electron chi connectivity index (χ0n) is 14.8. The number of benzene rings is 1. The Hall–Kier alpha value is -2.47. The monoisotopic (exact) mass is 340 g/mol. The van der Waals surface area contributed by atoms with Gasteiger partial charge in [-0.15, -0.1) is 0 Å². The predicted molar refractivity (Wildman–Crippen MR) is 96.3 cm³/mol. The minimum Gasteiger partial charge on any atom is -0.333 e. The minimum atomic E-state index is -0.216. The molecule has 1 aromatic heterocycles. The van der Waals surface area contributed by atoms with Gasteiger partial charge < -0.3 is 9.47 Å². The minimum absolute atomic E-state index is 0.0737. The molecule has 1 unspecified atom stereocenters. The summed E-state index contributed by atoms with van der Waals surface area (Å²) in [5.41, 5.74) is 1.29. The lowest BCUT2D eigenvalue weighted by Crippen LogP contribution is -2.43. The molecule has 6 nitrogen and oxygen atoms in total. The maximum absolute atomic E-state index is 12.8. The van der Waals surface area contributed by atoms with Gasteiger partial charge in [0.1, 0.15) is 5.69 Å². The zero-order valence-corrected chi connectivity index (χ0v) is 14.8. The van der Waals surface area contributed by atoms with Crippen molar-refractivity contribution in [3.8, 4) is 0 Å². The highest BCUT2D eigenvalue weighted by Gasteiger charge is 2.27. The molecule has 132 valence electrons. The Balaban J connectivity index is 1.70. The van der Waals surface area contributed by atoms with E-state index in [-0.39, 0.29) is 23.2 Å². The summed E-state index contributed by atoms with van der Waals surface area (Å²) in [6.45, 7) is 5.39. The van der Waals surface area contributed by atoms with Gasteiger partial charge in [0.15, 0.2) is 0 Å². The number of carbonyl (C=O) groups is 1. The molecule has 0 spiro atoms. The molecule has 0 bridgehead atoms. The molecule has 1 aromatic carbocycles. The van der Waals surface area contributed by atoms with Crippen LogP contribution < -0.4 is 5.56 Å². The molecular weight excluding hydrogens is 316 g/mol. The van der Waals surface area contributed by atoms with E-state index in [1.165, 1.54) is 22.5 Å². The van der Waals surface area contributed by atoms with Gasteiger partial charge in [0.25, 0.3) is 11.5 Å². The van der Waals surface area contributed by atoms with Crippen molar-refractivity contribution in [3.05, 3.63) is 64.3 Å². The molecule has 1 fully saturated rings. The number of hydrogen-bond donors (Lipinski definition) is 0. The van der Waals surface area contributed by atoms with Gasteiger partial charge >= 0.3 is 0 Å². The lowest BCUT2D eigenvalue weighted by atomic mass is 10.2. The van der Waals surface area contributed by atoms with Crippen LogP contribution in [-0.2, 0) is 13.6 Å². The van der Waals surface area contributed by atoms with E-state index in [1.807, 2.05) is 23.1 Å². The number of rotatable bonds is 3. The van der Waals surface area contributed by atoms with Crippen molar-refractivity contribution >= 4 is 5.91 Å². The smallest absolute Gasteiger partial charge is 0.273 e. The molecule has 0 radical (unpaired) electrons. The molecule has 3 rings (SSSR count). The second-order valence-corrected chi connectivity index (χ2v) is 6.65. The summed E-state index contributed by atoms with van der Waals surface area (Å²) >= 11 is 0. The summed E-state index contributed by atoms with van der Waals surface area (Å²) in [6.07, 6.45) is 2.31. The summed E-state index contributed by atoms with van der Waals surface area (Å²) in [6, 6.07) is 11.8. The van der Waals surface area contributed by atoms with Crippen LogP contribution >= 0.6 is 0 Å². The lowest BCUT2D eigenvalue weighted by molar-refractivity contribution is 0.0685. The molecule has 6 heteroatoms. The molecule has 0 aliphatic carbocycles. The largest absolute Gasteiger partial charge is 0.333 e. The van der Waals surface area contributed by atoms with Crippen molar-refractivity contribution in [2.75, 3.05) is 19.6 Å². The van der Waals surface area contributed by atoms with Crippen molar-refractivity contribution < 1.29 is 4.79 Å². The fourth-order valence-corrected chi connectivity index (χ4v) is 3.26. The standard InChI is InChI=1S/C19H24N4O2/c1-15-12-22(13-16-7-4-3-5-8-16)9-6-10-23(15)19(25)17-11-18(24)21(2)14-20-17/h3-5,7-8,11,14-15H,6,9-10,12-13H2,1-2H3. The van der Waals surface area contributed by atoms with Crippen LogP contribution in [0.1, 0.15) is 29.4 Å². The van der Waals surface area contributed by atoms with Gasteiger partial charge in [-0.3, -0.25) is 14.5 Å². The summed E-state index contributed by atoms with van der Waals surface area (Å²) in [5, 5.41) is 0. The van der Waals surface area contributed by atoms with Crippen molar-refractivity contribution in [3.63, 3.8) is 0 Å². The molecule has 0 saturated carbocycles. The maximum atomic E-state index is 12.8. The first kappa shape index (κ1) is 17.4. The van der Waals surface area contributed by atoms with Crippen LogP contribution in [0.5, 0.6) is 0 Å². The summed E-state index contributed by atoms with van der Waals surface area (Å²) < 4.78 is 1.37. The summed E-state index contributed by atoms with van der Waals surface area (Å²) in [5.74, 6) is -0.160. The lowest BCUT2D eigenvalue weighted by Gasteiger charge is -2.29. The molecule has 0 N–H and O–H groups in total. The average molecular weight is 340 g/mol. The molecule has 1 atom stereocenters. The number of carbonyl (C=O) groups excluding carboxylic acids is 1. The molecule has 1 amide bonds. The van der Waals surface area contributed by atoms with E-state index in [4.69, 9.17) is 0 Å². The fourth-order valence-electron chi connectivity index (χ4n) is 3.26. The van der Waals surface area contributed by atoms with Gasteiger partial charge in [-0.1, -0.05) is 30.3 Å². The van der Waals surface area contributed by atoms with Crippen LogP contribution in [0, 0.1) is 0 Å². The molecule has 1 aliphatic heterocycles. The Morgan fingerprint density at radius 2 is 2.00 bits per heavy atom. The normalized spacial score (nSPS) is 18.8. The Morgan fingerprint density at radius 1 is 1.24 bits per heavy atom. The van der Waals surface area contributed by atoms with Gasteiger partial charge in [0, 0.05) is 45.3 Å². The molecule has 2 heterocycles. The highest BCUT2D eigenvalue weighted by molar-refractivity contribution is 5.92. The van der Waals surface area contributed by atoms with E-state index in [0.717, 1.165) is 26.1 Å². The van der Waals surface area contributed by atoms with Gasteiger partial charge in [0.05, 0.1) is 6.33 Å². The first-order valence-corrected chi connectivity index (χ1v) is 8.64. The maximum Gasteiger partial charge on any atom is 0.273 e. The number of aryl methyl sites for hydroxylation is 1. The molecule has 1 saturated heterocycles. The van der Waals surface area contributed by atoms with Crippen molar-refractivity contribution in [2.45, 2.75) is 25.9 Å². The van der Waals surface area contributed by atoms with E-state index >= 15 is 0 Å². The van der Waals surface area contributed by atoms with Gasteiger partial charge in [-0.2, -0.15) is 0 Å². The van der Waals surface area contributed by atoms with E-state index in [0.29, 0.717) is 6.54 Å². The molecule has 1 aliphatic rings. The van der Waals surface area contributed by atoms with E-state index in [9.17, 15) is 9.59 Å². The van der Waals surface area contributed by atoms with Crippen LogP contribution in [0.25, 0.3) is 0 Å². The van der Waals surface area contributed by atoms with Crippen LogP contribution in [0.15, 0.2) is 47.5 Å². The number of hydrogen-bond acceptors (Lipinski definition) is 4. The average Bonchev–Trinajstić information content (AvgIpc) is 2.78. The third-order valence-electron chi connectivity index (χ3n) is 4.63. The fraction of sp³-hybridized carbons (Fsp3) is 0.421. The Labute approximate surface area is 147 Å². The van der Waals surface area contributed by atoms with Crippen molar-refractivity contribution in [1.82, 2.24) is 19.4 Å². The third kappa shape index (κ3) is 4.14. The van der Waals surface area contributed by atoms with E-state index in [1.54, 1.807) is 7.05 Å². The highest BCUT2D eigenvalue weighted by atomic mass is 16.2. The van der Waals surface area contributed by atoms with Crippen LogP contribution in [0.4, 0.5) is 0 Å². The Kier molecular flexibility index (Phi) is 5.28. The topological polar surface area (TPSA) is 58.4 Å². The molecule has 2 aromatic rings. The van der Waals surface area contributed by atoms with Crippen molar-refractivity contribution in [1.29, 1.82) is 0 Å². The van der Waals surface area contributed by atoms with E-state index < -0.39 is 0 Å². The summed E-state index contributed by atoms with van der Waals surface area (Å²) in [4.78, 5) is 32.9. The van der Waals surface area contributed by atoms with Crippen LogP contribution in [0.3, 0.4) is 0 Å². The van der Waals surface area contributed by atoms with Gasteiger partial charge in [-0.05, 0) is 18.9 Å². The third-order valence-corrected chi connectivity index (χ3v) is 4.63. The van der Waals surface area contributed by atoms with Crippen LogP contribution in [0.2, 0.25) is 0 Å². The van der Waals surface area contributed by atoms with Gasteiger partial charge in [0.2, 0.25) is 0 Å².